The van der Waals surface area contributed by atoms with E-state index in [0.29, 0.717) is 22.7 Å². The van der Waals surface area contributed by atoms with E-state index in [-0.39, 0.29) is 42.4 Å². The molecule has 1 saturated carbocycles. The number of imide groups is 2. The zero-order chi connectivity index (χ0) is 41.9. The van der Waals surface area contributed by atoms with E-state index >= 15 is 4.79 Å². The van der Waals surface area contributed by atoms with E-state index in [1.165, 1.54) is 33.1 Å². The van der Waals surface area contributed by atoms with E-state index in [1.807, 2.05) is 19.1 Å². The maximum Gasteiger partial charge on any atom is 0.573 e. The molecule has 9 rings (SSSR count). The first kappa shape index (κ1) is 38.8. The molecule has 11 nitrogen and oxygen atoms in total. The number of aromatic nitrogens is 2. The van der Waals surface area contributed by atoms with Crippen LogP contribution >= 0.6 is 22.9 Å². The van der Waals surface area contributed by atoms with Crippen molar-refractivity contribution in [2.24, 2.45) is 36.1 Å². The van der Waals surface area contributed by atoms with Crippen molar-refractivity contribution in [2.45, 2.75) is 45.4 Å². The Morgan fingerprint density at radius 1 is 0.966 bits per heavy atom. The highest BCUT2D eigenvalue weighted by Gasteiger charge is 2.68. The maximum atomic E-state index is 15.1. The van der Waals surface area contributed by atoms with Crippen LogP contribution < -0.4 is 9.64 Å². The molecule has 2 N–H and O–H groups in total. The lowest BCUT2D eigenvalue weighted by Gasteiger charge is -2.49. The van der Waals surface area contributed by atoms with Crippen LogP contribution in [0.2, 0.25) is 5.02 Å². The number of likely N-dealkylation sites (tertiary alicyclic amines) is 1. The maximum absolute atomic E-state index is 15.1. The Morgan fingerprint density at radius 3 is 2.44 bits per heavy atom. The first-order chi connectivity index (χ1) is 28.0. The number of anilines is 1. The normalized spacial score (nSPS) is 25.4. The monoisotopic (exact) mass is 844 g/mol. The number of benzene rings is 3. The third-order valence-corrected chi connectivity index (χ3v) is 14.2. The molecular weight excluding hydrogens is 809 g/mol. The molecule has 2 saturated heterocycles. The zero-order valence-corrected chi connectivity index (χ0v) is 33.4. The van der Waals surface area contributed by atoms with Crippen molar-refractivity contribution in [3.8, 4) is 27.8 Å². The summed E-state index contributed by atoms with van der Waals surface area (Å²) < 4.78 is 47.3. The van der Waals surface area contributed by atoms with E-state index in [9.17, 15) is 37.8 Å². The molecule has 4 aliphatic rings. The molecule has 2 aromatic heterocycles. The van der Waals surface area contributed by atoms with Gasteiger partial charge in [0.2, 0.25) is 23.6 Å². The van der Waals surface area contributed by atoms with Gasteiger partial charge in [-0.15, -0.1) is 24.5 Å². The number of fused-ring (bicyclic) bond motifs is 5. The van der Waals surface area contributed by atoms with E-state index in [2.05, 4.69) is 4.74 Å². The van der Waals surface area contributed by atoms with Gasteiger partial charge in [0.1, 0.15) is 28.8 Å². The van der Waals surface area contributed by atoms with E-state index in [0.717, 1.165) is 49.2 Å². The van der Waals surface area contributed by atoms with Crippen molar-refractivity contribution in [3.05, 3.63) is 100 Å². The van der Waals surface area contributed by atoms with E-state index in [4.69, 9.17) is 16.7 Å². The van der Waals surface area contributed by atoms with Crippen LogP contribution in [0.15, 0.2) is 78.4 Å². The Hall–Kier alpha value is -5.67. The molecule has 4 heterocycles. The molecule has 0 radical (unpaired) electrons. The number of allylic oxidation sites excluding steroid dienone is 2. The number of phenolic OH excluding ortho intramolecular Hbond substituents is 2. The lowest BCUT2D eigenvalue weighted by molar-refractivity contribution is -0.274. The fraction of sp³-hybridized carbons (Fsp3) is 0.326. The number of aromatic hydroxyl groups is 2. The number of rotatable bonds is 7. The Kier molecular flexibility index (Phi) is 9.01. The topological polar surface area (TPSA) is 142 Å². The van der Waals surface area contributed by atoms with Gasteiger partial charge in [0.15, 0.2) is 0 Å². The number of carbonyl (C=O) groups is 4. The Bertz CT molecular complexity index is 2660. The summed E-state index contributed by atoms with van der Waals surface area (Å²) in [7, 11) is 1.60. The number of hydrogen-bond donors (Lipinski definition) is 2. The van der Waals surface area contributed by atoms with Crippen molar-refractivity contribution in [1.29, 1.82) is 0 Å². The number of phenols is 2. The van der Waals surface area contributed by atoms with Crippen LogP contribution in [-0.2, 0) is 32.6 Å². The average molecular weight is 845 g/mol. The number of halogens is 4. The number of alkyl halides is 3. The number of nitrogens with zero attached hydrogens (tertiary/aromatic N) is 4. The molecule has 2 aliphatic carbocycles. The van der Waals surface area contributed by atoms with E-state index in [1.54, 1.807) is 44.3 Å². The molecule has 0 bridgehead atoms. The fourth-order valence-electron chi connectivity index (χ4n) is 9.94. The summed E-state index contributed by atoms with van der Waals surface area (Å²) >= 11 is 7.77. The zero-order valence-electron chi connectivity index (χ0n) is 31.8. The standard InChI is InChI=1S/C43H36ClF3N4O7S/c1-20-27-16-22(44)6-13-33(27)59-37(20)31-19-34(49(3)48-31)51-39(55)30-18-28-25(36(42(30,2)41(51)57)29-17-24(9-12-32(29)53)58-43(45,46)47)10-11-26-35(28)40(56)50(38(26)54)15-14-21-4-7-23(52)8-5-21/h4-10,12-13,16-17,19,26,28,30,35-36,52-53H,11,14-15,18H2,1-3H3/t26-,28+,30-,35-,36+,42+/m0/s1. The first-order valence-corrected chi connectivity index (χ1v) is 20.2. The highest BCUT2D eigenvalue weighted by Crippen LogP contribution is 2.64. The molecule has 3 aromatic carbocycles. The summed E-state index contributed by atoms with van der Waals surface area (Å²) in [5.74, 6) is -7.67. The highest BCUT2D eigenvalue weighted by atomic mass is 35.5. The summed E-state index contributed by atoms with van der Waals surface area (Å²) in [5, 5.41) is 27.3. The minimum Gasteiger partial charge on any atom is -0.508 e. The number of ether oxygens (including phenoxy) is 1. The number of carbonyl (C=O) groups excluding carboxylic acids is 4. The van der Waals surface area contributed by atoms with Gasteiger partial charge >= 0.3 is 6.36 Å². The Labute approximate surface area is 344 Å². The van der Waals surface area contributed by atoms with Gasteiger partial charge in [-0.05, 0) is 104 Å². The molecule has 0 unspecified atom stereocenters. The predicted molar refractivity (Wildman–Crippen MR) is 212 cm³/mol. The van der Waals surface area contributed by atoms with Gasteiger partial charge in [0.05, 0.1) is 28.0 Å². The number of amides is 4. The summed E-state index contributed by atoms with van der Waals surface area (Å²) in [4.78, 5) is 61.4. The summed E-state index contributed by atoms with van der Waals surface area (Å²) in [6, 6.07) is 16.6. The van der Waals surface area contributed by atoms with Crippen LogP contribution in [0.25, 0.3) is 20.7 Å². The second-order valence-corrected chi connectivity index (χ2v) is 17.4. The average Bonchev–Trinajstić information content (AvgIpc) is 3.85. The third kappa shape index (κ3) is 6.11. The fourth-order valence-corrected chi connectivity index (χ4v) is 11.3. The van der Waals surface area contributed by atoms with Crippen molar-refractivity contribution in [1.82, 2.24) is 14.7 Å². The lowest BCUT2D eigenvalue weighted by atomic mass is 9.51. The Balaban J connectivity index is 1.13. The van der Waals surface area contributed by atoms with Crippen LogP contribution in [0.4, 0.5) is 19.0 Å². The van der Waals surface area contributed by atoms with Crippen molar-refractivity contribution in [2.75, 3.05) is 11.4 Å². The lowest BCUT2D eigenvalue weighted by Crippen LogP contribution is -2.49. The first-order valence-electron chi connectivity index (χ1n) is 19.0. The molecule has 3 fully saturated rings. The van der Waals surface area contributed by atoms with Crippen molar-refractivity contribution < 1.29 is 47.3 Å². The second kappa shape index (κ2) is 13.7. The quantitative estimate of drug-likeness (QED) is 0.124. The summed E-state index contributed by atoms with van der Waals surface area (Å²) in [5.41, 5.74) is 0.946. The van der Waals surface area contributed by atoms with Gasteiger partial charge in [-0.25, -0.2) is 4.90 Å². The molecule has 16 heteroatoms. The third-order valence-electron chi connectivity index (χ3n) is 12.7. The van der Waals surface area contributed by atoms with Gasteiger partial charge in [-0.2, -0.15) is 5.10 Å². The number of aryl methyl sites for hydroxylation is 2. The molecule has 59 heavy (non-hydrogen) atoms. The highest BCUT2D eigenvalue weighted by molar-refractivity contribution is 7.22. The van der Waals surface area contributed by atoms with Gasteiger partial charge in [0, 0.05) is 40.9 Å². The van der Waals surface area contributed by atoms with Gasteiger partial charge in [-0.1, -0.05) is 35.4 Å². The Morgan fingerprint density at radius 2 is 1.71 bits per heavy atom. The predicted octanol–water partition coefficient (Wildman–Crippen LogP) is 8.05. The van der Waals surface area contributed by atoms with Crippen molar-refractivity contribution >= 4 is 62.5 Å². The second-order valence-electron chi connectivity index (χ2n) is 15.9. The molecule has 5 aromatic rings. The summed E-state index contributed by atoms with van der Waals surface area (Å²) in [6.45, 7) is 3.58. The van der Waals surface area contributed by atoms with Crippen LogP contribution in [0.1, 0.15) is 42.4 Å². The molecule has 304 valence electrons. The summed E-state index contributed by atoms with van der Waals surface area (Å²) in [6.07, 6.45) is -2.90. The number of hydrogen-bond acceptors (Lipinski definition) is 9. The largest absolute Gasteiger partial charge is 0.573 e. The molecule has 2 aliphatic heterocycles. The van der Waals surface area contributed by atoms with Crippen LogP contribution in [0.3, 0.4) is 0 Å². The van der Waals surface area contributed by atoms with Gasteiger partial charge < -0.3 is 14.9 Å². The van der Waals surface area contributed by atoms with Gasteiger partial charge in [0.25, 0.3) is 0 Å². The van der Waals surface area contributed by atoms with Crippen LogP contribution in [-0.4, -0.2) is 61.4 Å². The van der Waals surface area contributed by atoms with Crippen molar-refractivity contribution in [3.63, 3.8) is 0 Å². The van der Waals surface area contributed by atoms with Gasteiger partial charge in [-0.3, -0.25) is 28.8 Å². The SMILES string of the molecule is Cc1c(-c2cc(N3C(=O)[C@@H]4C[C@@H]5C(=CC[C@@H]6C(=O)N(CCc7ccc(O)cc7)C(=O)[C@@H]65)[C@H](c5cc(OC(F)(F)F)ccc5O)[C@]4(C)C3=O)n(C)n2)sc2ccc(Cl)cc12. The smallest absolute Gasteiger partial charge is 0.508 e. The molecular formula is C43H36ClF3N4O7S. The van der Waals surface area contributed by atoms with Crippen LogP contribution in [0, 0.1) is 36.0 Å². The van der Waals surface area contributed by atoms with Crippen LogP contribution in [0.5, 0.6) is 17.2 Å². The number of thiophene rings is 1. The van der Waals surface area contributed by atoms with E-state index < -0.39 is 70.6 Å². The minimum atomic E-state index is -5.07. The molecule has 6 atom stereocenters. The molecule has 4 amide bonds. The molecule has 0 spiro atoms. The minimum absolute atomic E-state index is 0.00765.